The van der Waals surface area contributed by atoms with Gasteiger partial charge in [-0.25, -0.2) is 4.79 Å². The van der Waals surface area contributed by atoms with Crippen LogP contribution in [0.25, 0.3) is 5.57 Å². The molecule has 0 aliphatic heterocycles. The second kappa shape index (κ2) is 6.11. The number of aromatic carboxylic acids is 1. The van der Waals surface area contributed by atoms with Crippen LogP contribution in [0.3, 0.4) is 0 Å². The number of pyridine rings is 1. The van der Waals surface area contributed by atoms with Gasteiger partial charge in [-0.1, -0.05) is 24.8 Å². The number of carbonyl (C=O) groups is 2. The number of ketones is 1. The van der Waals surface area contributed by atoms with Gasteiger partial charge in [0, 0.05) is 23.5 Å². The van der Waals surface area contributed by atoms with Crippen molar-refractivity contribution in [2.75, 3.05) is 0 Å². The summed E-state index contributed by atoms with van der Waals surface area (Å²) in [7, 11) is 0. The number of rotatable bonds is 5. The summed E-state index contributed by atoms with van der Waals surface area (Å²) in [6, 6.07) is 8.44. The molecule has 0 amide bonds. The maximum Gasteiger partial charge on any atom is 0.335 e. The van der Waals surface area contributed by atoms with Gasteiger partial charge in [0.05, 0.1) is 11.6 Å². The number of carbonyl (C=O) groups excluding carboxylic acids is 1. The van der Waals surface area contributed by atoms with Crippen molar-refractivity contribution in [2.24, 2.45) is 5.73 Å². The van der Waals surface area contributed by atoms with E-state index in [1.165, 1.54) is 24.3 Å². The Morgan fingerprint density at radius 3 is 2.33 bits per heavy atom. The molecule has 2 aromatic rings. The highest BCUT2D eigenvalue weighted by atomic mass is 16.4. The van der Waals surface area contributed by atoms with Crippen LogP contribution in [-0.2, 0) is 4.79 Å². The Bertz CT molecular complexity index is 678. The smallest absolute Gasteiger partial charge is 0.335 e. The molecule has 0 aliphatic rings. The summed E-state index contributed by atoms with van der Waals surface area (Å²) in [4.78, 5) is 27.0. The first-order valence-electron chi connectivity index (χ1n) is 6.23. The lowest BCUT2D eigenvalue weighted by atomic mass is 9.95. The number of nitrogens with two attached hydrogens (primary N) is 1. The van der Waals surface area contributed by atoms with Crippen molar-refractivity contribution in [3.8, 4) is 0 Å². The van der Waals surface area contributed by atoms with Gasteiger partial charge in [0.1, 0.15) is 0 Å². The third-order valence-corrected chi connectivity index (χ3v) is 3.11. The highest BCUT2D eigenvalue weighted by molar-refractivity contribution is 6.22. The molecule has 1 unspecified atom stereocenters. The fraction of sp³-hybridized carbons (Fsp3) is 0.0625. The Morgan fingerprint density at radius 2 is 1.81 bits per heavy atom. The number of benzene rings is 1. The van der Waals surface area contributed by atoms with Crippen molar-refractivity contribution >= 4 is 17.3 Å². The van der Waals surface area contributed by atoms with E-state index in [1.807, 2.05) is 0 Å². The quantitative estimate of drug-likeness (QED) is 0.819. The molecule has 0 fully saturated rings. The van der Waals surface area contributed by atoms with Crippen molar-refractivity contribution in [1.82, 2.24) is 4.98 Å². The van der Waals surface area contributed by atoms with Crippen molar-refractivity contribution in [3.05, 3.63) is 72.1 Å². The van der Waals surface area contributed by atoms with Gasteiger partial charge in [-0.05, 0) is 23.8 Å². The van der Waals surface area contributed by atoms with Crippen molar-refractivity contribution in [2.45, 2.75) is 6.04 Å². The number of hydrogen-bond donors (Lipinski definition) is 2. The van der Waals surface area contributed by atoms with Gasteiger partial charge in [0.25, 0.3) is 0 Å². The van der Waals surface area contributed by atoms with Crippen molar-refractivity contribution in [1.29, 1.82) is 0 Å². The third kappa shape index (κ3) is 3.21. The summed E-state index contributed by atoms with van der Waals surface area (Å²) in [6.45, 7) is 3.75. The lowest BCUT2D eigenvalue weighted by molar-refractivity contribution is -0.115. The molecule has 21 heavy (non-hydrogen) atoms. The van der Waals surface area contributed by atoms with Gasteiger partial charge in [-0.3, -0.25) is 9.78 Å². The predicted octanol–water partition coefficient (Wildman–Crippen LogP) is 2.06. The molecule has 5 heteroatoms. The van der Waals surface area contributed by atoms with Gasteiger partial charge in [-0.2, -0.15) is 0 Å². The fourth-order valence-electron chi connectivity index (χ4n) is 1.86. The summed E-state index contributed by atoms with van der Waals surface area (Å²) >= 11 is 0. The van der Waals surface area contributed by atoms with E-state index in [0.717, 1.165) is 0 Å². The molecule has 0 radical (unpaired) electrons. The molecule has 1 aromatic heterocycles. The first-order chi connectivity index (χ1) is 10.0. The van der Waals surface area contributed by atoms with Gasteiger partial charge >= 0.3 is 5.97 Å². The molecule has 0 aliphatic carbocycles. The standard InChI is InChI=1S/C16H14N2O3/c1-10(13-3-2-8-18-9-13)15(19)14(17)11-4-6-12(7-5-11)16(20)21/h2-9,14H,1,17H2,(H,20,21). The third-order valence-electron chi connectivity index (χ3n) is 3.11. The van der Waals surface area contributed by atoms with Crippen LogP contribution in [0.5, 0.6) is 0 Å². The van der Waals surface area contributed by atoms with E-state index in [-0.39, 0.29) is 16.9 Å². The summed E-state index contributed by atoms with van der Waals surface area (Å²) in [5, 5.41) is 8.84. The Balaban J connectivity index is 2.19. The minimum Gasteiger partial charge on any atom is -0.478 e. The van der Waals surface area contributed by atoms with Crippen LogP contribution in [0.1, 0.15) is 27.5 Å². The highest BCUT2D eigenvalue weighted by Gasteiger charge is 2.20. The summed E-state index contributed by atoms with van der Waals surface area (Å²) in [5.74, 6) is -1.35. The van der Waals surface area contributed by atoms with Gasteiger partial charge < -0.3 is 10.8 Å². The average Bonchev–Trinajstić information content (AvgIpc) is 2.53. The van der Waals surface area contributed by atoms with E-state index in [1.54, 1.807) is 24.5 Å². The van der Waals surface area contributed by atoms with Crippen LogP contribution in [0.4, 0.5) is 0 Å². The van der Waals surface area contributed by atoms with Gasteiger partial charge in [-0.15, -0.1) is 0 Å². The molecule has 0 bridgehead atoms. The van der Waals surface area contributed by atoms with Crippen LogP contribution >= 0.6 is 0 Å². The number of carboxylic acids is 1. The minimum atomic E-state index is -1.03. The minimum absolute atomic E-state index is 0.143. The van der Waals surface area contributed by atoms with Gasteiger partial charge in [0.15, 0.2) is 5.78 Å². The maximum atomic E-state index is 12.3. The molecule has 0 saturated carbocycles. The molecule has 0 spiro atoms. The molecule has 3 N–H and O–H groups in total. The zero-order valence-corrected chi connectivity index (χ0v) is 11.2. The summed E-state index contributed by atoms with van der Waals surface area (Å²) < 4.78 is 0. The molecule has 0 saturated heterocycles. The second-order valence-electron chi connectivity index (χ2n) is 4.49. The van der Waals surface area contributed by atoms with Crippen LogP contribution in [-0.4, -0.2) is 21.8 Å². The van der Waals surface area contributed by atoms with E-state index in [0.29, 0.717) is 11.1 Å². The molecule has 1 heterocycles. The lowest BCUT2D eigenvalue weighted by Gasteiger charge is -2.13. The topological polar surface area (TPSA) is 93.3 Å². The lowest BCUT2D eigenvalue weighted by Crippen LogP contribution is -2.22. The van der Waals surface area contributed by atoms with Crippen molar-refractivity contribution in [3.63, 3.8) is 0 Å². The van der Waals surface area contributed by atoms with E-state index in [9.17, 15) is 9.59 Å². The van der Waals surface area contributed by atoms with Crippen LogP contribution in [0.15, 0.2) is 55.4 Å². The number of aromatic nitrogens is 1. The molecule has 1 atom stereocenters. The zero-order chi connectivity index (χ0) is 15.4. The Kier molecular flexibility index (Phi) is 4.25. The van der Waals surface area contributed by atoms with Gasteiger partial charge in [0.2, 0.25) is 0 Å². The molecule has 1 aromatic carbocycles. The van der Waals surface area contributed by atoms with E-state index in [2.05, 4.69) is 11.6 Å². The second-order valence-corrected chi connectivity index (χ2v) is 4.49. The number of nitrogens with zero attached hydrogens (tertiary/aromatic N) is 1. The predicted molar refractivity (Wildman–Crippen MR) is 78.6 cm³/mol. The highest BCUT2D eigenvalue weighted by Crippen LogP contribution is 2.21. The number of hydrogen-bond acceptors (Lipinski definition) is 4. The fourth-order valence-corrected chi connectivity index (χ4v) is 1.86. The van der Waals surface area contributed by atoms with E-state index < -0.39 is 12.0 Å². The Morgan fingerprint density at radius 1 is 1.14 bits per heavy atom. The molecular weight excluding hydrogens is 268 g/mol. The van der Waals surface area contributed by atoms with Crippen LogP contribution < -0.4 is 5.73 Å². The normalized spacial score (nSPS) is 11.7. The van der Waals surface area contributed by atoms with E-state index in [4.69, 9.17) is 10.8 Å². The molecule has 2 rings (SSSR count). The Hall–Kier alpha value is -2.79. The number of Topliss-reactive ketones (excluding diaryl/α,β-unsaturated/α-hetero) is 1. The first kappa shape index (κ1) is 14.6. The molecular formula is C16H14N2O3. The summed E-state index contributed by atoms with van der Waals surface area (Å²) in [5.41, 5.74) is 7.49. The summed E-state index contributed by atoms with van der Waals surface area (Å²) in [6.07, 6.45) is 3.15. The molecule has 5 nitrogen and oxygen atoms in total. The SMILES string of the molecule is C=C(C(=O)C(N)c1ccc(C(=O)O)cc1)c1cccnc1. The molecule has 106 valence electrons. The van der Waals surface area contributed by atoms with Crippen molar-refractivity contribution < 1.29 is 14.7 Å². The average molecular weight is 282 g/mol. The zero-order valence-electron chi connectivity index (χ0n) is 11.2. The van der Waals surface area contributed by atoms with Crippen LogP contribution in [0, 0.1) is 0 Å². The van der Waals surface area contributed by atoms with Crippen LogP contribution in [0.2, 0.25) is 0 Å². The number of carboxylic acid groups (broad SMARTS) is 1. The largest absolute Gasteiger partial charge is 0.478 e. The maximum absolute atomic E-state index is 12.3. The van der Waals surface area contributed by atoms with E-state index >= 15 is 0 Å². The Labute approximate surface area is 121 Å². The first-order valence-corrected chi connectivity index (χ1v) is 6.23. The monoisotopic (exact) mass is 282 g/mol.